The summed E-state index contributed by atoms with van der Waals surface area (Å²) in [6.45, 7) is 0. The highest BCUT2D eigenvalue weighted by atomic mass is 16.5. The maximum Gasteiger partial charge on any atom is 0.139 e. The maximum absolute atomic E-state index is 5.48. The van der Waals surface area contributed by atoms with Gasteiger partial charge in [-0.1, -0.05) is 0 Å². The number of aromatic nitrogens is 1. The Morgan fingerprint density at radius 3 is 3.24 bits per heavy atom. The molecule has 2 aromatic rings. The molecular weight excluding hydrogens is 216 g/mol. The van der Waals surface area contributed by atoms with E-state index in [-0.39, 0.29) is 0 Å². The third-order valence-corrected chi connectivity index (χ3v) is 3.46. The summed E-state index contributed by atoms with van der Waals surface area (Å²) in [6, 6.07) is 4.18. The number of hydrogen-bond acceptors (Lipinski definition) is 4. The molecule has 2 unspecified atom stereocenters. The molecule has 0 aromatic carbocycles. The van der Waals surface area contributed by atoms with E-state index in [0.717, 1.165) is 29.6 Å². The number of nitrogens with one attached hydrogen (secondary N) is 1. The molecule has 2 heterocycles. The normalized spacial score (nSPS) is 24.3. The van der Waals surface area contributed by atoms with E-state index in [1.54, 1.807) is 19.6 Å². The van der Waals surface area contributed by atoms with Crippen molar-refractivity contribution in [2.75, 3.05) is 12.4 Å². The lowest BCUT2D eigenvalue weighted by molar-refractivity contribution is 0.101. The van der Waals surface area contributed by atoms with Crippen LogP contribution >= 0.6 is 0 Å². The first-order valence-corrected chi connectivity index (χ1v) is 6.00. The highest BCUT2D eigenvalue weighted by Gasteiger charge is 2.27. The van der Waals surface area contributed by atoms with Crippen molar-refractivity contribution in [1.82, 2.24) is 4.98 Å². The zero-order chi connectivity index (χ0) is 11.7. The van der Waals surface area contributed by atoms with Gasteiger partial charge in [0.1, 0.15) is 11.4 Å². The molecule has 2 atom stereocenters. The molecule has 1 aliphatic carbocycles. The summed E-state index contributed by atoms with van der Waals surface area (Å²) in [5.74, 6) is 0.894. The Labute approximate surface area is 100.0 Å². The number of rotatable bonds is 3. The molecule has 0 saturated heterocycles. The van der Waals surface area contributed by atoms with Gasteiger partial charge in [0.15, 0.2) is 0 Å². The fourth-order valence-electron chi connectivity index (χ4n) is 2.56. The van der Waals surface area contributed by atoms with Crippen LogP contribution in [0.15, 0.2) is 29.0 Å². The van der Waals surface area contributed by atoms with Gasteiger partial charge in [-0.3, -0.25) is 0 Å². The van der Waals surface area contributed by atoms with Gasteiger partial charge in [-0.15, -0.1) is 0 Å². The van der Waals surface area contributed by atoms with E-state index in [1.165, 1.54) is 6.42 Å². The number of pyridine rings is 1. The molecule has 0 bridgehead atoms. The second-order valence-corrected chi connectivity index (χ2v) is 4.45. The summed E-state index contributed by atoms with van der Waals surface area (Å²) in [5, 5.41) is 4.51. The first kappa shape index (κ1) is 10.6. The van der Waals surface area contributed by atoms with Crippen LogP contribution in [0.2, 0.25) is 0 Å². The predicted molar refractivity (Wildman–Crippen MR) is 66.1 cm³/mol. The lowest BCUT2D eigenvalue weighted by Gasteiger charge is -2.20. The molecule has 1 aliphatic rings. The number of anilines is 1. The van der Waals surface area contributed by atoms with Crippen LogP contribution < -0.4 is 5.32 Å². The molecule has 4 nitrogen and oxygen atoms in total. The number of hydrogen-bond donors (Lipinski definition) is 1. The number of methoxy groups -OCH3 is 1. The monoisotopic (exact) mass is 232 g/mol. The van der Waals surface area contributed by atoms with Crippen molar-refractivity contribution in [2.45, 2.75) is 31.4 Å². The van der Waals surface area contributed by atoms with E-state index >= 15 is 0 Å². The quantitative estimate of drug-likeness (QED) is 0.884. The average Bonchev–Trinajstić information content (AvgIpc) is 2.97. The Balaban J connectivity index is 1.87. The Bertz CT molecular complexity index is 509. The minimum absolute atomic E-state index is 0.291. The summed E-state index contributed by atoms with van der Waals surface area (Å²) in [5.41, 5.74) is 0.870. The SMILES string of the molecule is COC1CCCC1Nc1nccc2occc12. The number of ether oxygens (including phenoxy) is 1. The minimum atomic E-state index is 0.291. The Morgan fingerprint density at radius 1 is 1.41 bits per heavy atom. The van der Waals surface area contributed by atoms with E-state index in [0.29, 0.717) is 12.1 Å². The Morgan fingerprint density at radius 2 is 2.35 bits per heavy atom. The van der Waals surface area contributed by atoms with Crippen LogP contribution in [-0.2, 0) is 4.74 Å². The van der Waals surface area contributed by atoms with Crippen LogP contribution in [0.3, 0.4) is 0 Å². The molecule has 1 saturated carbocycles. The van der Waals surface area contributed by atoms with Gasteiger partial charge < -0.3 is 14.5 Å². The molecule has 1 fully saturated rings. The second kappa shape index (κ2) is 4.37. The molecule has 3 rings (SSSR count). The predicted octanol–water partition coefficient (Wildman–Crippen LogP) is 2.81. The van der Waals surface area contributed by atoms with Crippen LogP contribution in [0.4, 0.5) is 5.82 Å². The average molecular weight is 232 g/mol. The summed E-state index contributed by atoms with van der Waals surface area (Å²) in [4.78, 5) is 4.38. The van der Waals surface area contributed by atoms with Crippen molar-refractivity contribution in [3.8, 4) is 0 Å². The van der Waals surface area contributed by atoms with Gasteiger partial charge >= 0.3 is 0 Å². The smallest absolute Gasteiger partial charge is 0.139 e. The Kier molecular flexibility index (Phi) is 2.73. The van der Waals surface area contributed by atoms with Crippen LogP contribution in [0.5, 0.6) is 0 Å². The fraction of sp³-hybridized carbons (Fsp3) is 0.462. The molecule has 2 aromatic heterocycles. The van der Waals surface area contributed by atoms with Crippen LogP contribution in [-0.4, -0.2) is 24.2 Å². The lowest BCUT2D eigenvalue weighted by Crippen LogP contribution is -2.30. The first-order valence-electron chi connectivity index (χ1n) is 6.00. The number of furan rings is 1. The maximum atomic E-state index is 5.48. The molecule has 17 heavy (non-hydrogen) atoms. The van der Waals surface area contributed by atoms with Crippen molar-refractivity contribution in [2.24, 2.45) is 0 Å². The van der Waals surface area contributed by atoms with Gasteiger partial charge in [0, 0.05) is 13.3 Å². The van der Waals surface area contributed by atoms with Crippen molar-refractivity contribution in [1.29, 1.82) is 0 Å². The largest absolute Gasteiger partial charge is 0.464 e. The van der Waals surface area contributed by atoms with Crippen molar-refractivity contribution < 1.29 is 9.15 Å². The zero-order valence-corrected chi connectivity index (χ0v) is 9.85. The third-order valence-electron chi connectivity index (χ3n) is 3.46. The number of fused-ring (bicyclic) bond motifs is 1. The van der Waals surface area contributed by atoms with Crippen LogP contribution in [0.25, 0.3) is 11.0 Å². The first-order chi connectivity index (χ1) is 8.38. The molecular formula is C13H16N2O2. The van der Waals surface area contributed by atoms with E-state index in [4.69, 9.17) is 9.15 Å². The van der Waals surface area contributed by atoms with Gasteiger partial charge in [-0.2, -0.15) is 0 Å². The highest BCUT2D eigenvalue weighted by molar-refractivity contribution is 5.87. The van der Waals surface area contributed by atoms with Crippen molar-refractivity contribution in [3.63, 3.8) is 0 Å². The van der Waals surface area contributed by atoms with E-state index in [2.05, 4.69) is 10.3 Å². The van der Waals surface area contributed by atoms with E-state index < -0.39 is 0 Å². The van der Waals surface area contributed by atoms with Crippen LogP contribution in [0, 0.1) is 0 Å². The highest BCUT2D eigenvalue weighted by Crippen LogP contribution is 2.28. The summed E-state index contributed by atoms with van der Waals surface area (Å²) < 4.78 is 10.8. The molecule has 0 radical (unpaired) electrons. The van der Waals surface area contributed by atoms with Crippen LogP contribution in [0.1, 0.15) is 19.3 Å². The molecule has 1 N–H and O–H groups in total. The standard InChI is InChI=1S/C13H16N2O2/c1-16-12-4-2-3-10(12)15-13-9-6-8-17-11(9)5-7-14-13/h5-8,10,12H,2-4H2,1H3,(H,14,15). The fourth-order valence-corrected chi connectivity index (χ4v) is 2.56. The van der Waals surface area contributed by atoms with Gasteiger partial charge in [0.2, 0.25) is 0 Å². The molecule has 0 amide bonds. The zero-order valence-electron chi connectivity index (χ0n) is 9.85. The molecule has 0 spiro atoms. The minimum Gasteiger partial charge on any atom is -0.464 e. The van der Waals surface area contributed by atoms with Gasteiger partial charge in [0.25, 0.3) is 0 Å². The third kappa shape index (κ3) is 1.89. The molecule has 4 heteroatoms. The van der Waals surface area contributed by atoms with Crippen molar-refractivity contribution >= 4 is 16.8 Å². The topological polar surface area (TPSA) is 47.3 Å². The van der Waals surface area contributed by atoms with E-state index in [1.807, 2.05) is 12.1 Å². The molecule has 0 aliphatic heterocycles. The summed E-state index contributed by atoms with van der Waals surface area (Å²) >= 11 is 0. The summed E-state index contributed by atoms with van der Waals surface area (Å²) in [7, 11) is 1.77. The van der Waals surface area contributed by atoms with Gasteiger partial charge in [-0.25, -0.2) is 4.98 Å². The van der Waals surface area contributed by atoms with Gasteiger partial charge in [0.05, 0.1) is 23.8 Å². The van der Waals surface area contributed by atoms with Crippen molar-refractivity contribution in [3.05, 3.63) is 24.6 Å². The number of nitrogens with zero attached hydrogens (tertiary/aromatic N) is 1. The van der Waals surface area contributed by atoms with E-state index in [9.17, 15) is 0 Å². The lowest BCUT2D eigenvalue weighted by atomic mass is 10.2. The van der Waals surface area contributed by atoms with Gasteiger partial charge in [-0.05, 0) is 31.4 Å². The Hall–Kier alpha value is -1.55. The second-order valence-electron chi connectivity index (χ2n) is 4.45. The molecule has 90 valence electrons. The summed E-state index contributed by atoms with van der Waals surface area (Å²) in [6.07, 6.45) is 7.21.